The zero-order chi connectivity index (χ0) is 8.00. The number of hydrogen-bond donors (Lipinski definition) is 0. The molecule has 0 spiro atoms. The van der Waals surface area contributed by atoms with Gasteiger partial charge in [0.2, 0.25) is 0 Å². The first-order valence-corrected chi connectivity index (χ1v) is 1.93. The van der Waals surface area contributed by atoms with E-state index in [0.29, 0.717) is 0 Å². The molecule has 13 heavy (non-hydrogen) atoms. The summed E-state index contributed by atoms with van der Waals surface area (Å²) < 4.78 is 0. The number of rotatable bonds is 0. The summed E-state index contributed by atoms with van der Waals surface area (Å²) in [6.45, 7) is 26.0. The van der Waals surface area contributed by atoms with Gasteiger partial charge in [-0.1, -0.05) is 0 Å². The molecule has 0 aliphatic carbocycles. The van der Waals surface area contributed by atoms with Crippen LogP contribution >= 0.6 is 0 Å². The third kappa shape index (κ3) is 514. The standard InChI is InChI=1S/C2H5.3C2H3.CH3.4W/c4*1-2;;;;;/h1H2,2H3;3*1H,2H2;1H3;;;;/q5*-1;;;;+2. The van der Waals surface area contributed by atoms with Crippen molar-refractivity contribution in [3.8, 4) is 0 Å². The van der Waals surface area contributed by atoms with Crippen molar-refractivity contribution >= 4 is 0 Å². The quantitative estimate of drug-likeness (QED) is 0.329. The second kappa shape index (κ2) is 604. The van der Waals surface area contributed by atoms with Crippen molar-refractivity contribution < 1.29 is 84.3 Å². The predicted molar refractivity (Wildman–Crippen MR) is 47.2 cm³/mol. The van der Waals surface area contributed by atoms with Crippen LogP contribution in [-0.4, -0.2) is 0 Å². The Hall–Kier alpha value is 1.97. The molecule has 0 aliphatic heterocycles. The molecule has 0 nitrogen and oxygen atoms in total. The van der Waals surface area contributed by atoms with Crippen molar-refractivity contribution in [2.75, 3.05) is 0 Å². The summed E-state index contributed by atoms with van der Waals surface area (Å²) in [6, 6.07) is 0. The van der Waals surface area contributed by atoms with Crippen LogP contribution in [0.1, 0.15) is 6.92 Å². The van der Waals surface area contributed by atoms with Gasteiger partial charge in [-0.3, -0.25) is 19.7 Å². The molecule has 0 rings (SSSR count). The number of hydrogen-bond acceptors (Lipinski definition) is 0. The second-order valence-corrected chi connectivity index (χ2v) is 0. The van der Waals surface area contributed by atoms with Crippen molar-refractivity contribution in [3.05, 3.63) is 53.8 Å². The van der Waals surface area contributed by atoms with E-state index in [1.54, 1.807) is 6.92 Å². The van der Waals surface area contributed by atoms with Crippen LogP contribution in [0.25, 0.3) is 0 Å². The van der Waals surface area contributed by atoms with E-state index < -0.39 is 0 Å². The fourth-order valence-corrected chi connectivity index (χ4v) is 0. The normalized spacial score (nSPS) is 1.38. The molecule has 80 valence electrons. The third-order valence-electron chi connectivity index (χ3n) is 0. The minimum Gasteiger partial charge on any atom is -0.521 e. The molecular formula is C9H17W4-3. The maximum Gasteiger partial charge on any atom is 2.00 e. The fourth-order valence-electron chi connectivity index (χ4n) is 0. The summed E-state index contributed by atoms with van der Waals surface area (Å²) in [5.74, 6) is 0. The van der Waals surface area contributed by atoms with Crippen LogP contribution in [0, 0.1) is 34.1 Å². The molecule has 4 heteroatoms. The Morgan fingerprint density at radius 1 is 0.692 bits per heavy atom. The van der Waals surface area contributed by atoms with Crippen LogP contribution in [0.2, 0.25) is 0 Å². The van der Waals surface area contributed by atoms with Gasteiger partial charge in [0.25, 0.3) is 0 Å². The topological polar surface area (TPSA) is 0 Å². The van der Waals surface area contributed by atoms with Crippen LogP contribution in [0.4, 0.5) is 0 Å². The molecule has 0 N–H and O–H groups in total. The molecule has 0 bridgehead atoms. The van der Waals surface area contributed by atoms with Crippen LogP contribution in [-0.2, 0) is 84.3 Å². The molecule has 0 aromatic heterocycles. The first-order chi connectivity index (χ1) is 4.00. The molecule has 0 unspecified atom stereocenters. The molecular weight excluding hydrogens is 843 g/mol. The fraction of sp³-hybridized carbons (Fsp3) is 0.111. The molecule has 0 amide bonds. The van der Waals surface area contributed by atoms with E-state index >= 15 is 0 Å². The zero-order valence-corrected chi connectivity index (χ0v) is 19.9. The van der Waals surface area contributed by atoms with Gasteiger partial charge in [-0.25, -0.2) is 0 Å². The molecule has 0 heterocycles. The van der Waals surface area contributed by atoms with E-state index in [-0.39, 0.29) is 91.7 Å². The molecule has 0 aromatic carbocycles. The Bertz CT molecular complexity index is 16.3. The maximum absolute atomic E-state index is 4.25. The molecule has 0 fully saturated rings. The first kappa shape index (κ1) is 81.9. The largest absolute Gasteiger partial charge is 2.00 e. The van der Waals surface area contributed by atoms with Gasteiger partial charge >= 0.3 is 21.1 Å². The van der Waals surface area contributed by atoms with Crippen molar-refractivity contribution in [3.63, 3.8) is 0 Å². The van der Waals surface area contributed by atoms with Crippen molar-refractivity contribution in [2.45, 2.75) is 6.92 Å². The van der Waals surface area contributed by atoms with Gasteiger partial charge < -0.3 is 34.1 Å². The summed E-state index contributed by atoms with van der Waals surface area (Å²) in [4.78, 5) is 0. The monoisotopic (exact) mass is 861 g/mol. The Kier molecular flexibility index (Phi) is 3810. The molecule has 0 saturated heterocycles. The SMILES string of the molecule is [CH-]=C.[CH-]=C.[CH-]=C.[CH2-]C.[CH3-].[W+2].[W].[W].[W]. The van der Waals surface area contributed by atoms with E-state index in [0.717, 1.165) is 0 Å². The first-order valence-electron chi connectivity index (χ1n) is 1.93. The third-order valence-corrected chi connectivity index (χ3v) is 0. The van der Waals surface area contributed by atoms with Gasteiger partial charge in [0.1, 0.15) is 0 Å². The summed E-state index contributed by atoms with van der Waals surface area (Å²) in [7, 11) is 0. The van der Waals surface area contributed by atoms with Crippen molar-refractivity contribution in [2.24, 2.45) is 0 Å². The van der Waals surface area contributed by atoms with Crippen LogP contribution in [0.3, 0.4) is 0 Å². The van der Waals surface area contributed by atoms with Gasteiger partial charge in [0, 0.05) is 63.2 Å². The van der Waals surface area contributed by atoms with Gasteiger partial charge in [-0.2, -0.15) is 6.92 Å². The Labute approximate surface area is 143 Å². The minimum atomic E-state index is 0. The minimum absolute atomic E-state index is 0. The van der Waals surface area contributed by atoms with Crippen molar-refractivity contribution in [1.29, 1.82) is 0 Å². The maximum atomic E-state index is 4.25. The molecule has 0 atom stereocenters. The van der Waals surface area contributed by atoms with Gasteiger partial charge in [0.05, 0.1) is 0 Å². The van der Waals surface area contributed by atoms with Gasteiger partial charge in [-0.15, -0.1) is 0 Å². The zero-order valence-electron chi connectivity index (χ0n) is 8.19. The smallest absolute Gasteiger partial charge is 0.521 e. The summed E-state index contributed by atoms with van der Waals surface area (Å²) >= 11 is 0. The van der Waals surface area contributed by atoms with Crippen molar-refractivity contribution in [1.82, 2.24) is 0 Å². The van der Waals surface area contributed by atoms with Crippen LogP contribution in [0.15, 0.2) is 19.7 Å². The van der Waals surface area contributed by atoms with Crippen LogP contribution < -0.4 is 0 Å². The summed E-state index contributed by atoms with van der Waals surface area (Å²) in [6.07, 6.45) is 0. The summed E-state index contributed by atoms with van der Waals surface area (Å²) in [5.41, 5.74) is 0. The molecule has 0 radical (unpaired) electrons. The molecule has 0 aromatic rings. The molecule has 0 aliphatic rings. The van der Waals surface area contributed by atoms with E-state index in [1.807, 2.05) is 0 Å². The Balaban J connectivity index is -0.00000000208. The van der Waals surface area contributed by atoms with Gasteiger partial charge in [-0.05, 0) is 0 Å². The summed E-state index contributed by atoms with van der Waals surface area (Å²) in [5, 5.41) is 0. The Morgan fingerprint density at radius 2 is 0.692 bits per heavy atom. The van der Waals surface area contributed by atoms with E-state index in [2.05, 4.69) is 46.4 Å². The van der Waals surface area contributed by atoms with E-state index in [9.17, 15) is 0 Å². The second-order valence-electron chi connectivity index (χ2n) is 0. The van der Waals surface area contributed by atoms with Gasteiger partial charge in [0.15, 0.2) is 0 Å². The van der Waals surface area contributed by atoms with E-state index in [1.165, 1.54) is 0 Å². The Morgan fingerprint density at radius 3 is 0.692 bits per heavy atom. The average molecular weight is 861 g/mol. The predicted octanol–water partition coefficient (Wildman–Crippen LogP) is 3.10. The van der Waals surface area contributed by atoms with Crippen LogP contribution in [0.5, 0.6) is 0 Å². The molecule has 0 saturated carbocycles. The van der Waals surface area contributed by atoms with E-state index in [4.69, 9.17) is 0 Å². The average Bonchev–Trinajstić information content (AvgIpc) is 2.03.